The van der Waals surface area contributed by atoms with E-state index >= 15 is 0 Å². The molecule has 0 atom stereocenters. The van der Waals surface area contributed by atoms with Gasteiger partial charge in [-0.2, -0.15) is 0 Å². The fourth-order valence-corrected chi connectivity index (χ4v) is 4.26. The topological polar surface area (TPSA) is 81.3 Å². The number of carbonyl (C=O) groups is 1. The van der Waals surface area contributed by atoms with Crippen molar-refractivity contribution >= 4 is 38.8 Å². The van der Waals surface area contributed by atoms with Crippen LogP contribution in [0.1, 0.15) is 0 Å². The van der Waals surface area contributed by atoms with Crippen molar-refractivity contribution in [1.29, 1.82) is 0 Å². The largest absolute Gasteiger partial charge is 0.352 e. The Morgan fingerprint density at radius 3 is 2.65 bits per heavy atom. The van der Waals surface area contributed by atoms with Crippen LogP contribution < -0.4 is 11.0 Å². The molecule has 31 heavy (non-hydrogen) atoms. The van der Waals surface area contributed by atoms with Gasteiger partial charge >= 0.3 is 5.69 Å². The van der Waals surface area contributed by atoms with Gasteiger partial charge < -0.3 is 5.32 Å². The monoisotopic (exact) mass is 437 g/mol. The molecule has 0 radical (unpaired) electrons. The third-order valence-electron chi connectivity index (χ3n) is 4.74. The van der Waals surface area contributed by atoms with Gasteiger partial charge in [0, 0.05) is 10.9 Å². The Kier molecular flexibility index (Phi) is 4.55. The number of carbonyl (C=O) groups excluding carboxylic acids is 1. The van der Waals surface area contributed by atoms with Gasteiger partial charge in [-0.1, -0.05) is 24.3 Å². The van der Waals surface area contributed by atoms with Crippen molar-refractivity contribution in [2.45, 2.75) is 6.54 Å². The minimum absolute atomic E-state index is 0.0237. The Bertz CT molecular complexity index is 1500. The minimum Gasteiger partial charge on any atom is -0.322 e. The van der Waals surface area contributed by atoms with Crippen molar-refractivity contribution in [2.75, 3.05) is 5.32 Å². The molecule has 0 aliphatic rings. The number of anilines is 1. The summed E-state index contributed by atoms with van der Waals surface area (Å²) in [4.78, 5) is 29.4. The summed E-state index contributed by atoms with van der Waals surface area (Å²) in [7, 11) is 0. The van der Waals surface area contributed by atoms with Crippen LogP contribution in [0.4, 0.5) is 14.5 Å². The van der Waals surface area contributed by atoms with Crippen LogP contribution in [0.2, 0.25) is 0 Å². The molecule has 1 N–H and O–H groups in total. The van der Waals surface area contributed by atoms with Crippen LogP contribution in [0.15, 0.2) is 65.0 Å². The second-order valence-electron chi connectivity index (χ2n) is 6.74. The molecule has 0 aliphatic carbocycles. The normalized spacial score (nSPS) is 11.3. The van der Waals surface area contributed by atoms with Crippen LogP contribution in [-0.4, -0.2) is 25.1 Å². The highest BCUT2D eigenvalue weighted by Crippen LogP contribution is 2.34. The standard InChI is InChI=1S/C21H13F2N5O2S/c22-13-7-5-12(6-8-13)14-10-31-19-18(14)24-11-27-20(19)26-28(21(27)30)9-17(29)25-16-4-2-1-3-15(16)23/h1-8,10-11H,9H2,(H,25,29). The summed E-state index contributed by atoms with van der Waals surface area (Å²) in [6.07, 6.45) is 1.35. The molecular weight excluding hydrogens is 424 g/mol. The molecule has 0 unspecified atom stereocenters. The number of hydrogen-bond donors (Lipinski definition) is 1. The summed E-state index contributed by atoms with van der Waals surface area (Å²) in [6.45, 7) is -0.382. The first kappa shape index (κ1) is 19.1. The molecular formula is C21H13F2N5O2S. The van der Waals surface area contributed by atoms with Gasteiger partial charge in [0.1, 0.15) is 24.5 Å². The molecule has 1 amide bonds. The highest BCUT2D eigenvalue weighted by atomic mass is 32.1. The van der Waals surface area contributed by atoms with Crippen LogP contribution in [0.5, 0.6) is 0 Å². The van der Waals surface area contributed by atoms with E-state index < -0.39 is 17.4 Å². The summed E-state index contributed by atoms with van der Waals surface area (Å²) in [5, 5.41) is 8.58. The average Bonchev–Trinajstić information content (AvgIpc) is 3.32. The Labute approximate surface area is 177 Å². The smallest absolute Gasteiger partial charge is 0.322 e. The first-order valence-electron chi connectivity index (χ1n) is 9.17. The predicted molar refractivity (Wildman–Crippen MR) is 113 cm³/mol. The molecule has 5 rings (SSSR count). The summed E-state index contributed by atoms with van der Waals surface area (Å²) < 4.78 is 29.9. The molecule has 0 saturated heterocycles. The van der Waals surface area contributed by atoms with Crippen LogP contribution in [0.25, 0.3) is 27.0 Å². The van der Waals surface area contributed by atoms with Gasteiger partial charge in [-0.25, -0.2) is 27.6 Å². The number of para-hydroxylation sites is 1. The van der Waals surface area contributed by atoms with E-state index in [2.05, 4.69) is 15.4 Å². The maximum absolute atomic E-state index is 13.7. The Hall–Kier alpha value is -3.92. The van der Waals surface area contributed by atoms with Crippen molar-refractivity contribution < 1.29 is 13.6 Å². The van der Waals surface area contributed by atoms with Crippen molar-refractivity contribution in [3.8, 4) is 11.1 Å². The molecule has 154 valence electrons. The Balaban J connectivity index is 1.51. The number of nitrogens with zero attached hydrogens (tertiary/aromatic N) is 4. The molecule has 0 bridgehead atoms. The number of nitrogens with one attached hydrogen (secondary N) is 1. The van der Waals surface area contributed by atoms with Crippen molar-refractivity contribution in [3.63, 3.8) is 0 Å². The molecule has 0 aliphatic heterocycles. The minimum atomic E-state index is -0.585. The zero-order valence-corrected chi connectivity index (χ0v) is 16.6. The molecule has 0 spiro atoms. The Morgan fingerprint density at radius 1 is 1.10 bits per heavy atom. The van der Waals surface area contributed by atoms with Crippen molar-refractivity contribution in [1.82, 2.24) is 19.2 Å². The summed E-state index contributed by atoms with van der Waals surface area (Å²) >= 11 is 1.35. The van der Waals surface area contributed by atoms with Crippen LogP contribution in [-0.2, 0) is 11.3 Å². The zero-order chi connectivity index (χ0) is 21.5. The van der Waals surface area contributed by atoms with E-state index in [0.717, 1.165) is 15.8 Å². The van der Waals surface area contributed by atoms with E-state index in [1.165, 1.54) is 52.4 Å². The highest BCUT2D eigenvalue weighted by molar-refractivity contribution is 7.18. The quantitative estimate of drug-likeness (QED) is 0.465. The fraction of sp³-hybridized carbons (Fsp3) is 0.0476. The number of halogens is 2. The number of fused-ring (bicyclic) bond motifs is 3. The maximum Gasteiger partial charge on any atom is 0.352 e. The lowest BCUT2D eigenvalue weighted by Crippen LogP contribution is -2.28. The van der Waals surface area contributed by atoms with E-state index in [4.69, 9.17) is 0 Å². The van der Waals surface area contributed by atoms with E-state index in [9.17, 15) is 18.4 Å². The highest BCUT2D eigenvalue weighted by Gasteiger charge is 2.17. The van der Waals surface area contributed by atoms with Crippen LogP contribution in [0, 0.1) is 11.6 Å². The molecule has 10 heteroatoms. The molecule has 3 heterocycles. The molecule has 0 fully saturated rings. The van der Waals surface area contributed by atoms with E-state index in [0.29, 0.717) is 15.9 Å². The lowest BCUT2D eigenvalue weighted by atomic mass is 10.1. The molecule has 5 aromatic rings. The van der Waals surface area contributed by atoms with Gasteiger partial charge in [0.15, 0.2) is 5.65 Å². The van der Waals surface area contributed by atoms with Gasteiger partial charge in [0.05, 0.1) is 15.9 Å². The van der Waals surface area contributed by atoms with Gasteiger partial charge in [0.2, 0.25) is 5.91 Å². The molecule has 0 saturated carbocycles. The SMILES string of the molecule is O=C(Cn1nc2c3scc(-c4ccc(F)cc4)c3ncn2c1=O)Nc1ccccc1F. The predicted octanol–water partition coefficient (Wildman–Crippen LogP) is 3.69. The zero-order valence-electron chi connectivity index (χ0n) is 15.8. The van der Waals surface area contributed by atoms with E-state index in [-0.39, 0.29) is 18.0 Å². The third-order valence-corrected chi connectivity index (χ3v) is 5.70. The van der Waals surface area contributed by atoms with Gasteiger partial charge in [-0.05, 0) is 29.8 Å². The lowest BCUT2D eigenvalue weighted by Gasteiger charge is -2.05. The second-order valence-corrected chi connectivity index (χ2v) is 7.62. The van der Waals surface area contributed by atoms with E-state index in [1.54, 1.807) is 18.2 Å². The molecule has 2 aromatic carbocycles. The first-order chi connectivity index (χ1) is 15.0. The lowest BCUT2D eigenvalue weighted by molar-refractivity contribution is -0.117. The van der Waals surface area contributed by atoms with Gasteiger partial charge in [0.25, 0.3) is 0 Å². The second kappa shape index (κ2) is 7.40. The number of aromatic nitrogens is 4. The van der Waals surface area contributed by atoms with Crippen LogP contribution in [0.3, 0.4) is 0 Å². The number of hydrogen-bond acceptors (Lipinski definition) is 5. The summed E-state index contributed by atoms with van der Waals surface area (Å²) in [5.74, 6) is -1.49. The molecule has 3 aromatic heterocycles. The number of rotatable bonds is 4. The van der Waals surface area contributed by atoms with E-state index in [1.807, 2.05) is 5.38 Å². The van der Waals surface area contributed by atoms with Crippen molar-refractivity contribution in [2.24, 2.45) is 0 Å². The van der Waals surface area contributed by atoms with Gasteiger partial charge in [-0.3, -0.25) is 4.79 Å². The summed E-state index contributed by atoms with van der Waals surface area (Å²) in [5.41, 5.74) is 2.04. The van der Waals surface area contributed by atoms with Crippen LogP contribution >= 0.6 is 11.3 Å². The third kappa shape index (κ3) is 3.36. The number of thiophene rings is 1. The summed E-state index contributed by atoms with van der Waals surface area (Å²) in [6, 6.07) is 11.8. The molecule has 7 nitrogen and oxygen atoms in total. The first-order valence-corrected chi connectivity index (χ1v) is 10.0. The van der Waals surface area contributed by atoms with Gasteiger partial charge in [-0.15, -0.1) is 16.4 Å². The fourth-order valence-electron chi connectivity index (χ4n) is 3.26. The number of amides is 1. The average molecular weight is 437 g/mol. The maximum atomic E-state index is 13.7. The van der Waals surface area contributed by atoms with Crippen molar-refractivity contribution in [3.05, 3.63) is 82.4 Å². The number of benzene rings is 2. The Morgan fingerprint density at radius 2 is 1.87 bits per heavy atom.